The summed E-state index contributed by atoms with van der Waals surface area (Å²) in [7, 11) is 2.05. The monoisotopic (exact) mass is 599 g/mol. The summed E-state index contributed by atoms with van der Waals surface area (Å²) in [6.07, 6.45) is 2.71. The summed E-state index contributed by atoms with van der Waals surface area (Å²) in [5.41, 5.74) is 9.03. The van der Waals surface area contributed by atoms with Gasteiger partial charge < -0.3 is 14.8 Å². The molecule has 7 nitrogen and oxygen atoms in total. The van der Waals surface area contributed by atoms with Crippen LogP contribution in [0, 0.1) is 22.7 Å². The number of benzene rings is 5. The Labute approximate surface area is 264 Å². The summed E-state index contributed by atoms with van der Waals surface area (Å²) in [4.78, 5) is 22.3. The van der Waals surface area contributed by atoms with Gasteiger partial charge in [0.1, 0.15) is 23.3 Å². The lowest BCUT2D eigenvalue weighted by Gasteiger charge is -2.07. The maximum Gasteiger partial charge on any atom is 0.346 e. The van der Waals surface area contributed by atoms with Gasteiger partial charge >= 0.3 is 11.9 Å². The van der Waals surface area contributed by atoms with Crippen molar-refractivity contribution in [1.29, 1.82) is 10.5 Å². The predicted molar refractivity (Wildman–Crippen MR) is 179 cm³/mol. The van der Waals surface area contributed by atoms with E-state index in [1.165, 1.54) is 12.2 Å². The van der Waals surface area contributed by atoms with E-state index in [9.17, 15) is 9.59 Å². The topological polar surface area (TPSA) is 127 Å². The molecule has 220 valence electrons. The fourth-order valence-corrected chi connectivity index (χ4v) is 5.59. The van der Waals surface area contributed by atoms with Gasteiger partial charge in [-0.2, -0.15) is 10.5 Å². The van der Waals surface area contributed by atoms with Gasteiger partial charge in [-0.15, -0.1) is 0 Å². The Bertz CT molecular complexity index is 2310. The Kier molecular flexibility index (Phi) is 7.74. The molecule has 0 aliphatic heterocycles. The van der Waals surface area contributed by atoms with Crippen LogP contribution in [-0.4, -0.2) is 26.7 Å². The van der Waals surface area contributed by atoms with Crippen molar-refractivity contribution in [2.24, 2.45) is 7.05 Å². The third kappa shape index (κ3) is 5.65. The largest absolute Gasteiger partial charge is 0.477 e. The molecule has 0 bridgehead atoms. The summed E-state index contributed by atoms with van der Waals surface area (Å²) >= 11 is 0. The van der Waals surface area contributed by atoms with E-state index < -0.39 is 11.9 Å². The molecule has 0 amide bonds. The van der Waals surface area contributed by atoms with Crippen molar-refractivity contribution in [3.8, 4) is 45.5 Å². The first kappa shape index (κ1) is 29.4. The van der Waals surface area contributed by atoms with Crippen LogP contribution in [0.15, 0.2) is 120 Å². The zero-order valence-electron chi connectivity index (χ0n) is 24.6. The van der Waals surface area contributed by atoms with Crippen molar-refractivity contribution in [2.75, 3.05) is 0 Å². The third-order valence-corrected chi connectivity index (χ3v) is 8.04. The Morgan fingerprint density at radius 2 is 0.848 bits per heavy atom. The second-order valence-corrected chi connectivity index (χ2v) is 10.8. The highest BCUT2D eigenvalue weighted by molar-refractivity contribution is 6.10. The molecule has 7 heteroatoms. The van der Waals surface area contributed by atoms with Crippen molar-refractivity contribution in [3.63, 3.8) is 0 Å². The molecule has 6 aromatic rings. The lowest BCUT2D eigenvalue weighted by Crippen LogP contribution is -1.97. The van der Waals surface area contributed by atoms with Crippen LogP contribution in [-0.2, 0) is 16.6 Å². The van der Waals surface area contributed by atoms with Crippen LogP contribution >= 0.6 is 0 Å². The van der Waals surface area contributed by atoms with Gasteiger partial charge in [-0.25, -0.2) is 9.59 Å². The number of carboxylic acid groups (broad SMARTS) is 2. The number of aromatic nitrogens is 1. The molecule has 0 spiro atoms. The van der Waals surface area contributed by atoms with Gasteiger partial charge in [0.05, 0.1) is 0 Å². The van der Waals surface area contributed by atoms with E-state index in [-0.39, 0.29) is 11.1 Å². The molecule has 0 fully saturated rings. The molecule has 6 rings (SSSR count). The van der Waals surface area contributed by atoms with E-state index >= 15 is 0 Å². The minimum absolute atomic E-state index is 0.311. The Balaban J connectivity index is 1.30. The zero-order chi connectivity index (χ0) is 32.4. The standard InChI is InChI=1S/C39H25N3O4/c1-42-36-16-14-30(28-8-4-25(5-9-28)19-33(23-41)39(45)46)20-34(36)35-21-31(15-17-37(35)42)29-12-10-27(11-13-29)26-6-2-24(3-7-26)18-32(22-40)38(43)44/h2-21H,1H3,(H,43,44)(H,45,46)/b32-18-,33-19-. The van der Waals surface area contributed by atoms with Crippen molar-refractivity contribution in [3.05, 3.63) is 131 Å². The average molecular weight is 600 g/mol. The molecule has 2 N–H and O–H groups in total. The van der Waals surface area contributed by atoms with E-state index in [1.54, 1.807) is 36.4 Å². The van der Waals surface area contributed by atoms with Crippen LogP contribution in [0.3, 0.4) is 0 Å². The molecule has 0 atom stereocenters. The van der Waals surface area contributed by atoms with Crippen molar-refractivity contribution >= 4 is 45.9 Å². The molecule has 0 unspecified atom stereocenters. The number of rotatable bonds is 7. The van der Waals surface area contributed by atoms with Gasteiger partial charge in [0, 0.05) is 28.9 Å². The molecule has 0 radical (unpaired) electrons. The van der Waals surface area contributed by atoms with Crippen molar-refractivity contribution in [2.45, 2.75) is 0 Å². The van der Waals surface area contributed by atoms with E-state index in [1.807, 2.05) is 24.3 Å². The van der Waals surface area contributed by atoms with Crippen molar-refractivity contribution in [1.82, 2.24) is 4.57 Å². The van der Waals surface area contributed by atoms with Crippen LogP contribution in [0.1, 0.15) is 11.1 Å². The summed E-state index contributed by atoms with van der Waals surface area (Å²) in [6, 6.07) is 39.3. The first-order chi connectivity index (χ1) is 22.2. The summed E-state index contributed by atoms with van der Waals surface area (Å²) < 4.78 is 2.18. The van der Waals surface area contributed by atoms with Crippen LogP contribution in [0.5, 0.6) is 0 Å². The summed E-state index contributed by atoms with van der Waals surface area (Å²) in [5, 5.41) is 38.5. The van der Waals surface area contributed by atoms with E-state index in [2.05, 4.69) is 72.3 Å². The number of hydrogen-bond donors (Lipinski definition) is 2. The number of aliphatic carboxylic acids is 2. The lowest BCUT2D eigenvalue weighted by molar-refractivity contribution is -0.133. The number of nitriles is 2. The number of nitrogens with zero attached hydrogens (tertiary/aromatic N) is 3. The summed E-state index contributed by atoms with van der Waals surface area (Å²) in [6.45, 7) is 0. The minimum Gasteiger partial charge on any atom is -0.477 e. The number of fused-ring (bicyclic) bond motifs is 3. The Morgan fingerprint density at radius 1 is 0.543 bits per heavy atom. The Morgan fingerprint density at radius 3 is 1.17 bits per heavy atom. The van der Waals surface area contributed by atoms with Crippen molar-refractivity contribution < 1.29 is 19.8 Å². The van der Waals surface area contributed by atoms with Gasteiger partial charge in [-0.1, -0.05) is 84.9 Å². The molecule has 46 heavy (non-hydrogen) atoms. The van der Waals surface area contributed by atoms with E-state index in [4.69, 9.17) is 20.7 Å². The fraction of sp³-hybridized carbons (Fsp3) is 0.0256. The first-order valence-electron chi connectivity index (χ1n) is 14.3. The molecule has 1 heterocycles. The van der Waals surface area contributed by atoms with E-state index in [0.717, 1.165) is 55.2 Å². The lowest BCUT2D eigenvalue weighted by atomic mass is 9.97. The number of carboxylic acids is 2. The normalized spacial score (nSPS) is 11.7. The molecular weight excluding hydrogens is 574 g/mol. The fourth-order valence-electron chi connectivity index (χ4n) is 5.59. The number of hydrogen-bond acceptors (Lipinski definition) is 4. The predicted octanol–water partition coefficient (Wildman–Crippen LogP) is 8.32. The van der Waals surface area contributed by atoms with Gasteiger partial charge in [-0.05, 0) is 80.9 Å². The van der Waals surface area contributed by atoms with Gasteiger partial charge in [0.15, 0.2) is 0 Å². The van der Waals surface area contributed by atoms with Crippen LogP contribution < -0.4 is 0 Å². The molecule has 0 saturated heterocycles. The highest BCUT2D eigenvalue weighted by Crippen LogP contribution is 2.35. The molecule has 0 aliphatic carbocycles. The quantitative estimate of drug-likeness (QED) is 0.140. The second-order valence-electron chi connectivity index (χ2n) is 10.8. The van der Waals surface area contributed by atoms with Crippen LogP contribution in [0.2, 0.25) is 0 Å². The zero-order valence-corrected chi connectivity index (χ0v) is 24.6. The number of aryl methyl sites for hydroxylation is 1. The molecular formula is C39H25N3O4. The highest BCUT2D eigenvalue weighted by Gasteiger charge is 2.12. The average Bonchev–Trinajstić information content (AvgIpc) is 3.36. The molecule has 5 aromatic carbocycles. The van der Waals surface area contributed by atoms with Crippen LogP contribution in [0.25, 0.3) is 67.3 Å². The second kappa shape index (κ2) is 12.1. The molecule has 0 saturated carbocycles. The maximum atomic E-state index is 11.2. The first-order valence-corrected chi connectivity index (χ1v) is 14.3. The number of carbonyl (C=O) groups is 2. The Hall–Kier alpha value is -6.70. The van der Waals surface area contributed by atoms with Gasteiger partial charge in [-0.3, -0.25) is 0 Å². The molecule has 0 aliphatic rings. The minimum atomic E-state index is -1.25. The van der Waals surface area contributed by atoms with Gasteiger partial charge in [0.2, 0.25) is 0 Å². The molecule has 1 aromatic heterocycles. The van der Waals surface area contributed by atoms with Crippen LogP contribution in [0.4, 0.5) is 0 Å². The smallest absolute Gasteiger partial charge is 0.346 e. The highest BCUT2D eigenvalue weighted by atomic mass is 16.4. The third-order valence-electron chi connectivity index (χ3n) is 8.04. The summed E-state index contributed by atoms with van der Waals surface area (Å²) in [5.74, 6) is -2.50. The maximum absolute atomic E-state index is 11.2. The van der Waals surface area contributed by atoms with E-state index in [0.29, 0.717) is 11.1 Å². The SMILES string of the molecule is Cn1c2ccc(-c3ccc(/C=C(/C#N)C(=O)O)cc3)cc2c2cc(-c3ccc(-c4ccc(/C=C(/C#N)C(=O)O)cc4)cc3)ccc21. The van der Waals surface area contributed by atoms with Gasteiger partial charge in [0.25, 0.3) is 0 Å².